The number of amides is 3. The van der Waals surface area contributed by atoms with Crippen LogP contribution in [0, 0.1) is 5.92 Å². The minimum Gasteiger partial charge on any atom is -0.384 e. The molecule has 3 amide bonds. The first-order chi connectivity index (χ1) is 12.9. The van der Waals surface area contributed by atoms with Crippen molar-refractivity contribution < 1.29 is 18.4 Å². The van der Waals surface area contributed by atoms with Gasteiger partial charge < -0.3 is 11.1 Å². The highest BCUT2D eigenvalue weighted by Crippen LogP contribution is 2.34. The van der Waals surface area contributed by atoms with Crippen LogP contribution >= 0.6 is 0 Å². The predicted octanol–water partition coefficient (Wildman–Crippen LogP) is 2.77. The minimum absolute atomic E-state index is 0.0819. The zero-order valence-corrected chi connectivity index (χ0v) is 14.7. The van der Waals surface area contributed by atoms with Crippen LogP contribution in [0.3, 0.4) is 0 Å². The van der Waals surface area contributed by atoms with E-state index in [2.05, 4.69) is 10.3 Å². The van der Waals surface area contributed by atoms with Gasteiger partial charge in [-0.2, -0.15) is 0 Å². The minimum atomic E-state index is -2.83. The summed E-state index contributed by atoms with van der Waals surface area (Å²) in [5.74, 6) is -1.34. The molecule has 6 nitrogen and oxygen atoms in total. The number of aromatic nitrogens is 1. The van der Waals surface area contributed by atoms with Crippen molar-refractivity contribution in [1.29, 1.82) is 0 Å². The number of carbonyl (C=O) groups is 2. The monoisotopic (exact) mass is 374 g/mol. The Morgan fingerprint density at radius 3 is 2.63 bits per heavy atom. The third kappa shape index (κ3) is 3.89. The Balaban J connectivity index is 1.70. The van der Waals surface area contributed by atoms with Crippen LogP contribution in [0.2, 0.25) is 0 Å². The Bertz CT molecular complexity index is 831. The number of anilines is 1. The van der Waals surface area contributed by atoms with Gasteiger partial charge in [0.25, 0.3) is 6.43 Å². The van der Waals surface area contributed by atoms with Gasteiger partial charge in [0, 0.05) is 6.20 Å². The number of likely N-dealkylation sites (tertiary alicyclic amines) is 1. The summed E-state index contributed by atoms with van der Waals surface area (Å²) in [4.78, 5) is 29.3. The number of urea groups is 1. The van der Waals surface area contributed by atoms with Crippen molar-refractivity contribution in [3.05, 3.63) is 59.8 Å². The van der Waals surface area contributed by atoms with E-state index in [1.54, 1.807) is 13.0 Å². The van der Waals surface area contributed by atoms with Crippen molar-refractivity contribution in [1.82, 2.24) is 15.2 Å². The van der Waals surface area contributed by atoms with E-state index in [1.165, 1.54) is 12.3 Å². The molecule has 27 heavy (non-hydrogen) atoms. The second-order valence-corrected chi connectivity index (χ2v) is 6.51. The van der Waals surface area contributed by atoms with Gasteiger partial charge in [-0.25, -0.2) is 18.6 Å². The number of hydrogen-bond donors (Lipinski definition) is 2. The lowest BCUT2D eigenvalue weighted by molar-refractivity contribution is -0.159. The highest BCUT2D eigenvalue weighted by molar-refractivity contribution is 6.01. The number of nitrogen functional groups attached to an aromatic ring is 1. The maximum Gasteiger partial charge on any atom is 0.325 e. The van der Waals surface area contributed by atoms with Crippen LogP contribution in [0.25, 0.3) is 0 Å². The first-order valence-electron chi connectivity index (χ1n) is 8.55. The molecule has 8 heteroatoms. The molecule has 0 radical (unpaired) electrons. The summed E-state index contributed by atoms with van der Waals surface area (Å²) < 4.78 is 27.1. The molecule has 1 aromatic heterocycles. The fraction of sp³-hybridized carbons (Fsp3) is 0.316. The molecule has 0 aliphatic carbocycles. The molecule has 2 aromatic rings. The molecular weight excluding hydrogens is 354 g/mol. The number of hydrogen-bond acceptors (Lipinski definition) is 4. The molecule has 0 saturated carbocycles. The largest absolute Gasteiger partial charge is 0.384 e. The van der Waals surface area contributed by atoms with Crippen LogP contribution < -0.4 is 11.1 Å². The number of pyridine rings is 1. The van der Waals surface area contributed by atoms with Crippen LogP contribution in [0.1, 0.15) is 24.1 Å². The maximum absolute atomic E-state index is 13.5. The van der Waals surface area contributed by atoms with Crippen LogP contribution in [0.15, 0.2) is 48.7 Å². The van der Waals surface area contributed by atoms with Gasteiger partial charge in [-0.05, 0) is 36.6 Å². The standard InChI is InChI=1S/C19H20F2N4O2/c1-11(13-5-3-2-4-6-13)24-19(27)25-16(17(20)21)14(18(25)26)9-12-7-8-23-15(22)10-12/h2-8,10-11,14,16-17H,9H2,1H3,(H2,22,23)(H,24,27)/t11-,14?,16+/m1/s1. The van der Waals surface area contributed by atoms with Crippen LogP contribution in [-0.4, -0.2) is 34.3 Å². The quantitative estimate of drug-likeness (QED) is 0.788. The van der Waals surface area contributed by atoms with E-state index in [1.807, 2.05) is 30.3 Å². The molecule has 0 spiro atoms. The van der Waals surface area contributed by atoms with E-state index >= 15 is 0 Å². The van der Waals surface area contributed by atoms with Crippen molar-refractivity contribution in [2.75, 3.05) is 5.73 Å². The number of nitrogens with zero attached hydrogens (tertiary/aromatic N) is 2. The summed E-state index contributed by atoms with van der Waals surface area (Å²) >= 11 is 0. The molecule has 1 saturated heterocycles. The van der Waals surface area contributed by atoms with Crippen molar-refractivity contribution in [2.24, 2.45) is 5.92 Å². The summed E-state index contributed by atoms with van der Waals surface area (Å²) in [5.41, 5.74) is 7.03. The second-order valence-electron chi connectivity index (χ2n) is 6.51. The number of nitrogens with two attached hydrogens (primary N) is 1. The van der Waals surface area contributed by atoms with E-state index < -0.39 is 36.4 Å². The molecule has 1 unspecified atom stereocenters. The second kappa shape index (κ2) is 7.69. The Labute approximate surface area is 155 Å². The average Bonchev–Trinajstić information content (AvgIpc) is 2.64. The van der Waals surface area contributed by atoms with E-state index in [0.29, 0.717) is 10.5 Å². The van der Waals surface area contributed by atoms with Crippen molar-refractivity contribution in [3.8, 4) is 0 Å². The lowest BCUT2D eigenvalue weighted by atomic mass is 9.83. The van der Waals surface area contributed by atoms with Gasteiger partial charge in [0.15, 0.2) is 0 Å². The number of nitrogens with one attached hydrogen (secondary N) is 1. The highest BCUT2D eigenvalue weighted by atomic mass is 19.3. The van der Waals surface area contributed by atoms with Gasteiger partial charge in [0.1, 0.15) is 11.9 Å². The van der Waals surface area contributed by atoms with E-state index in [4.69, 9.17) is 5.73 Å². The molecule has 3 N–H and O–H groups in total. The van der Waals surface area contributed by atoms with Gasteiger partial charge in [-0.3, -0.25) is 9.69 Å². The van der Waals surface area contributed by atoms with Gasteiger partial charge in [0.2, 0.25) is 5.91 Å². The number of β-lactam (4-membered cyclic amide) rings is 1. The summed E-state index contributed by atoms with van der Waals surface area (Å²) in [6, 6.07) is 9.54. The third-order valence-electron chi connectivity index (χ3n) is 4.68. The molecule has 0 bridgehead atoms. The molecule has 1 fully saturated rings. The van der Waals surface area contributed by atoms with Crippen LogP contribution in [0.5, 0.6) is 0 Å². The Morgan fingerprint density at radius 1 is 1.30 bits per heavy atom. The van der Waals surface area contributed by atoms with E-state index in [9.17, 15) is 18.4 Å². The lowest BCUT2D eigenvalue weighted by Gasteiger charge is -2.45. The summed E-state index contributed by atoms with van der Waals surface area (Å²) in [7, 11) is 0. The summed E-state index contributed by atoms with van der Waals surface area (Å²) in [6.45, 7) is 1.73. The molecule has 142 valence electrons. The third-order valence-corrected chi connectivity index (χ3v) is 4.68. The molecule has 1 aromatic carbocycles. The Hall–Kier alpha value is -3.03. The van der Waals surface area contributed by atoms with Gasteiger partial charge >= 0.3 is 6.03 Å². The molecule has 3 rings (SSSR count). The number of benzene rings is 1. The Morgan fingerprint density at radius 2 is 2.00 bits per heavy atom. The molecular formula is C19H20F2N4O2. The van der Waals surface area contributed by atoms with Crippen molar-refractivity contribution in [3.63, 3.8) is 0 Å². The molecule has 3 atom stereocenters. The zero-order chi connectivity index (χ0) is 19.6. The first-order valence-corrected chi connectivity index (χ1v) is 8.55. The van der Waals surface area contributed by atoms with Gasteiger partial charge in [-0.15, -0.1) is 0 Å². The summed E-state index contributed by atoms with van der Waals surface area (Å²) in [5, 5.41) is 2.61. The average molecular weight is 374 g/mol. The topological polar surface area (TPSA) is 88.3 Å². The van der Waals surface area contributed by atoms with E-state index in [-0.39, 0.29) is 12.2 Å². The number of imide groups is 1. The number of carbonyl (C=O) groups excluding carboxylic acids is 2. The smallest absolute Gasteiger partial charge is 0.325 e. The first kappa shape index (κ1) is 18.8. The van der Waals surface area contributed by atoms with Crippen LogP contribution in [0.4, 0.5) is 19.4 Å². The maximum atomic E-state index is 13.5. The number of alkyl halides is 2. The molecule has 1 aliphatic heterocycles. The predicted molar refractivity (Wildman–Crippen MR) is 95.9 cm³/mol. The number of halogens is 2. The van der Waals surface area contributed by atoms with Crippen LogP contribution in [-0.2, 0) is 11.2 Å². The fourth-order valence-corrected chi connectivity index (χ4v) is 3.26. The molecule has 1 aliphatic rings. The summed E-state index contributed by atoms with van der Waals surface area (Å²) in [6.07, 6.45) is -1.29. The van der Waals surface area contributed by atoms with Gasteiger partial charge in [-0.1, -0.05) is 30.3 Å². The Kier molecular flexibility index (Phi) is 5.34. The fourth-order valence-electron chi connectivity index (χ4n) is 3.26. The van der Waals surface area contributed by atoms with Crippen molar-refractivity contribution in [2.45, 2.75) is 31.9 Å². The van der Waals surface area contributed by atoms with Crippen molar-refractivity contribution >= 4 is 17.8 Å². The number of rotatable bonds is 5. The molecule has 2 heterocycles. The zero-order valence-electron chi connectivity index (χ0n) is 14.7. The highest BCUT2D eigenvalue weighted by Gasteiger charge is 2.55. The SMILES string of the molecule is C[C@@H](NC(=O)N1C(=O)C(Cc2ccnc(N)c2)[C@H]1C(F)F)c1ccccc1. The van der Waals surface area contributed by atoms with E-state index in [0.717, 1.165) is 5.56 Å². The lowest BCUT2D eigenvalue weighted by Crippen LogP contribution is -2.68. The normalized spacial score (nSPS) is 20.3. The van der Waals surface area contributed by atoms with Gasteiger partial charge in [0.05, 0.1) is 12.0 Å².